The van der Waals surface area contributed by atoms with Gasteiger partial charge in [0.1, 0.15) is 17.8 Å². The first-order chi connectivity index (χ1) is 18.2. The second-order valence-corrected chi connectivity index (χ2v) is 11.4. The molecule has 1 heterocycles. The van der Waals surface area contributed by atoms with Crippen LogP contribution in [0.25, 0.3) is 0 Å². The lowest BCUT2D eigenvalue weighted by molar-refractivity contribution is -0.154. The van der Waals surface area contributed by atoms with Gasteiger partial charge in [0, 0.05) is 19.4 Å². The first kappa shape index (κ1) is 32.3. The van der Waals surface area contributed by atoms with Crippen LogP contribution < -0.4 is 10.6 Å². The number of carbonyl (C=O) groups excluding carboxylic acids is 4. The smallest absolute Gasteiger partial charge is 0.331 e. The lowest BCUT2D eigenvalue weighted by atomic mass is 9.95. The summed E-state index contributed by atoms with van der Waals surface area (Å²) in [5.74, 6) is -2.57. The summed E-state index contributed by atoms with van der Waals surface area (Å²) in [6, 6.07) is 1.33. The van der Waals surface area contributed by atoms with Crippen molar-refractivity contribution in [3.8, 4) is 5.75 Å². The zero-order valence-corrected chi connectivity index (χ0v) is 24.9. The number of esters is 1. The van der Waals surface area contributed by atoms with E-state index < -0.39 is 48.6 Å². The second-order valence-electron chi connectivity index (χ2n) is 10.5. The molecule has 1 aromatic carbocycles. The summed E-state index contributed by atoms with van der Waals surface area (Å²) in [6.45, 7) is 8.29. The van der Waals surface area contributed by atoms with Crippen molar-refractivity contribution in [2.75, 3.05) is 13.7 Å². The summed E-state index contributed by atoms with van der Waals surface area (Å²) in [7, 11) is 1.44. The van der Waals surface area contributed by atoms with Crippen molar-refractivity contribution < 1.29 is 34.1 Å². The van der Waals surface area contributed by atoms with E-state index in [4.69, 9.17) is 4.74 Å². The fraction of sp³-hybridized carbons (Fsp3) is 0.571. The number of hydrogen-bond acceptors (Lipinski definition) is 7. The van der Waals surface area contributed by atoms with Gasteiger partial charge < -0.3 is 30.5 Å². The molecule has 0 saturated carbocycles. The summed E-state index contributed by atoms with van der Waals surface area (Å²) in [6.07, 6.45) is 2.58. The number of aliphatic hydroxyl groups is 1. The van der Waals surface area contributed by atoms with E-state index in [0.717, 1.165) is 5.57 Å². The van der Waals surface area contributed by atoms with E-state index in [0.29, 0.717) is 22.9 Å². The van der Waals surface area contributed by atoms with Crippen molar-refractivity contribution in [2.45, 2.75) is 78.1 Å². The van der Waals surface area contributed by atoms with Gasteiger partial charge in [-0.15, -0.1) is 0 Å². The van der Waals surface area contributed by atoms with Crippen LogP contribution in [0, 0.1) is 11.8 Å². The molecule has 10 nitrogen and oxygen atoms in total. The average molecular weight is 611 g/mol. The number of phenols is 1. The van der Waals surface area contributed by atoms with Crippen molar-refractivity contribution >= 4 is 39.6 Å². The number of halogens is 1. The van der Waals surface area contributed by atoms with E-state index in [9.17, 15) is 29.4 Å². The third-order valence-electron chi connectivity index (χ3n) is 6.74. The fourth-order valence-corrected chi connectivity index (χ4v) is 5.11. The molecule has 0 bridgehead atoms. The molecule has 2 rings (SSSR count). The average Bonchev–Trinajstić information content (AvgIpc) is 2.85. The fourth-order valence-electron chi connectivity index (χ4n) is 4.68. The van der Waals surface area contributed by atoms with Gasteiger partial charge in [-0.25, -0.2) is 4.79 Å². The standard InChI is InChI=1S/C28H40BrN3O7/c1-15-9-16(2)11-18(4)39-28(38)22(14-33)31-26(36)23(13-20-7-8-24(34)21(29)12-20)32(6)27(37)19(5)30-25(35)17(3)10-15/h7-9,12,16-19,22-23,33-34H,10-11,13-14H2,1-6H3,(H,30,35)(H,31,36)/t16-,17-,18-,19-,22-,23+/m0/s1. The Kier molecular flexibility index (Phi) is 12.0. The first-order valence-electron chi connectivity index (χ1n) is 13.1. The van der Waals surface area contributed by atoms with Crippen LogP contribution in [0.2, 0.25) is 0 Å². The first-order valence-corrected chi connectivity index (χ1v) is 13.9. The van der Waals surface area contributed by atoms with E-state index in [1.165, 1.54) is 18.0 Å². The van der Waals surface area contributed by atoms with E-state index in [-0.39, 0.29) is 29.9 Å². The normalized spacial score (nSPS) is 28.5. The van der Waals surface area contributed by atoms with Gasteiger partial charge >= 0.3 is 5.97 Å². The number of benzene rings is 1. The topological polar surface area (TPSA) is 145 Å². The Hall–Kier alpha value is -2.92. The SMILES string of the molecule is CC1=C[C@H](C)C[C@H](C)OC(=O)[C@H](CO)NC(=O)[C@@H](Cc2ccc(O)c(Br)c2)N(C)C(=O)[C@H](C)NC(=O)[C@@H](C)C1. The monoisotopic (exact) mass is 609 g/mol. The summed E-state index contributed by atoms with van der Waals surface area (Å²) >= 11 is 3.25. The van der Waals surface area contributed by atoms with Crippen LogP contribution in [0.5, 0.6) is 5.75 Å². The van der Waals surface area contributed by atoms with Crippen LogP contribution in [-0.4, -0.2) is 76.7 Å². The number of aromatic hydroxyl groups is 1. The summed E-state index contributed by atoms with van der Waals surface area (Å²) < 4.78 is 5.93. The van der Waals surface area contributed by atoms with Crippen LogP contribution in [0.4, 0.5) is 0 Å². The number of phenolic OH excluding ortho intramolecular Hbond substituents is 1. The Bertz CT molecular complexity index is 1090. The molecule has 0 radical (unpaired) electrons. The number of aliphatic hydroxyl groups excluding tert-OH is 1. The molecule has 0 spiro atoms. The maximum atomic E-state index is 13.4. The molecule has 0 saturated heterocycles. The molecule has 39 heavy (non-hydrogen) atoms. The van der Waals surface area contributed by atoms with Crippen LogP contribution in [0.15, 0.2) is 34.3 Å². The number of nitrogens with one attached hydrogen (secondary N) is 2. The number of allylic oxidation sites excluding steroid dienone is 2. The molecule has 11 heteroatoms. The van der Waals surface area contributed by atoms with E-state index in [1.54, 1.807) is 32.9 Å². The molecule has 1 aliphatic heterocycles. The van der Waals surface area contributed by atoms with Crippen molar-refractivity contribution in [1.82, 2.24) is 15.5 Å². The zero-order valence-electron chi connectivity index (χ0n) is 23.4. The Morgan fingerprint density at radius 2 is 1.74 bits per heavy atom. The molecule has 0 unspecified atom stereocenters. The highest BCUT2D eigenvalue weighted by atomic mass is 79.9. The van der Waals surface area contributed by atoms with Gasteiger partial charge in [-0.05, 0) is 73.2 Å². The molecule has 4 N–H and O–H groups in total. The van der Waals surface area contributed by atoms with Gasteiger partial charge in [-0.3, -0.25) is 14.4 Å². The highest BCUT2D eigenvalue weighted by Crippen LogP contribution is 2.25. The Balaban J connectivity index is 2.44. The molecule has 0 aromatic heterocycles. The minimum atomic E-state index is -1.33. The number of carbonyl (C=O) groups is 4. The van der Waals surface area contributed by atoms with Gasteiger partial charge in [-0.1, -0.05) is 31.6 Å². The number of cyclic esters (lactones) is 1. The highest BCUT2D eigenvalue weighted by molar-refractivity contribution is 9.10. The Morgan fingerprint density at radius 3 is 2.36 bits per heavy atom. The summed E-state index contributed by atoms with van der Waals surface area (Å²) in [4.78, 5) is 53.7. The van der Waals surface area contributed by atoms with Gasteiger partial charge in [0.05, 0.1) is 17.2 Å². The summed E-state index contributed by atoms with van der Waals surface area (Å²) in [5.41, 5.74) is 1.63. The maximum Gasteiger partial charge on any atom is 0.331 e. The summed E-state index contributed by atoms with van der Waals surface area (Å²) in [5, 5.41) is 25.0. The predicted molar refractivity (Wildman–Crippen MR) is 150 cm³/mol. The maximum absolute atomic E-state index is 13.4. The minimum absolute atomic E-state index is 0.0133. The van der Waals surface area contributed by atoms with Gasteiger partial charge in [-0.2, -0.15) is 0 Å². The number of nitrogens with zero attached hydrogens (tertiary/aromatic N) is 1. The molecule has 1 aliphatic rings. The van der Waals surface area contributed by atoms with Crippen molar-refractivity contribution in [3.05, 3.63) is 39.9 Å². The van der Waals surface area contributed by atoms with Crippen molar-refractivity contribution in [2.24, 2.45) is 11.8 Å². The lowest BCUT2D eigenvalue weighted by Crippen LogP contribution is -2.57. The molecular weight excluding hydrogens is 570 g/mol. The number of rotatable bonds is 3. The van der Waals surface area contributed by atoms with Gasteiger partial charge in [0.2, 0.25) is 17.7 Å². The molecule has 216 valence electrons. The Morgan fingerprint density at radius 1 is 1.08 bits per heavy atom. The number of ether oxygens (including phenoxy) is 1. The molecule has 6 atom stereocenters. The van der Waals surface area contributed by atoms with Crippen molar-refractivity contribution in [3.63, 3.8) is 0 Å². The highest BCUT2D eigenvalue weighted by Gasteiger charge is 2.34. The largest absolute Gasteiger partial charge is 0.507 e. The third-order valence-corrected chi connectivity index (χ3v) is 7.37. The van der Waals surface area contributed by atoms with Crippen molar-refractivity contribution in [1.29, 1.82) is 0 Å². The van der Waals surface area contributed by atoms with Crippen LogP contribution in [0.3, 0.4) is 0 Å². The lowest BCUT2D eigenvalue weighted by Gasteiger charge is -2.31. The predicted octanol–water partition coefficient (Wildman–Crippen LogP) is 2.45. The van der Waals surface area contributed by atoms with Gasteiger partial charge in [0.25, 0.3) is 0 Å². The Labute approximate surface area is 238 Å². The van der Waals surface area contributed by atoms with E-state index in [2.05, 4.69) is 26.6 Å². The zero-order chi connectivity index (χ0) is 29.4. The van der Waals surface area contributed by atoms with E-state index in [1.807, 2.05) is 19.9 Å². The number of amides is 3. The molecule has 0 fully saturated rings. The number of likely N-dealkylation sites (N-methyl/N-ethyl adjacent to an activating group) is 1. The molecule has 3 amide bonds. The molecule has 1 aromatic rings. The van der Waals surface area contributed by atoms with Crippen LogP contribution >= 0.6 is 15.9 Å². The number of hydrogen-bond donors (Lipinski definition) is 4. The van der Waals surface area contributed by atoms with Crippen LogP contribution in [0.1, 0.15) is 53.0 Å². The minimum Gasteiger partial charge on any atom is -0.507 e. The third kappa shape index (κ3) is 9.35. The van der Waals surface area contributed by atoms with Crippen LogP contribution in [-0.2, 0) is 30.3 Å². The molecule has 0 aliphatic carbocycles. The second kappa shape index (κ2) is 14.5. The van der Waals surface area contributed by atoms with E-state index >= 15 is 0 Å². The van der Waals surface area contributed by atoms with Gasteiger partial charge in [0.15, 0.2) is 6.04 Å². The molecular formula is C28H40BrN3O7. The quantitative estimate of drug-likeness (QED) is 0.304.